The van der Waals surface area contributed by atoms with Crippen molar-refractivity contribution in [3.63, 3.8) is 0 Å². The summed E-state index contributed by atoms with van der Waals surface area (Å²) in [4.78, 5) is 10.3. The van der Waals surface area contributed by atoms with Crippen molar-refractivity contribution in [1.29, 1.82) is 0 Å². The summed E-state index contributed by atoms with van der Waals surface area (Å²) in [5.74, 6) is 1.08. The number of non-ortho nitro benzene ring substituents is 1. The van der Waals surface area contributed by atoms with Crippen LogP contribution in [0.25, 0.3) is 5.69 Å². The maximum absolute atomic E-state index is 10.8. The molecule has 9 heteroatoms. The molecule has 3 rings (SSSR count). The van der Waals surface area contributed by atoms with Gasteiger partial charge in [0.15, 0.2) is 5.16 Å². The number of hydrogen-bond donors (Lipinski definition) is 0. The first-order valence-corrected chi connectivity index (χ1v) is 9.07. The van der Waals surface area contributed by atoms with Crippen molar-refractivity contribution in [2.75, 3.05) is 12.4 Å². The number of halogens is 1. The third-order valence-electron chi connectivity index (χ3n) is 3.56. The molecule has 0 atom stereocenters. The molecule has 3 aromatic rings. The van der Waals surface area contributed by atoms with Gasteiger partial charge in [-0.15, -0.1) is 10.2 Å². The maximum Gasteiger partial charge on any atom is 0.273 e. The molecule has 1 heterocycles. The lowest BCUT2D eigenvalue weighted by Gasteiger charge is -2.08. The first-order valence-electron chi connectivity index (χ1n) is 7.71. The summed E-state index contributed by atoms with van der Waals surface area (Å²) in [6.45, 7) is 2.33. The molecule has 0 aliphatic heterocycles. The van der Waals surface area contributed by atoms with Crippen LogP contribution in [0.4, 0.5) is 5.69 Å². The van der Waals surface area contributed by atoms with E-state index in [4.69, 9.17) is 16.3 Å². The zero-order valence-corrected chi connectivity index (χ0v) is 15.4. The average molecular weight is 391 g/mol. The second kappa shape index (κ2) is 8.20. The van der Waals surface area contributed by atoms with Crippen LogP contribution in [0.15, 0.2) is 53.9 Å². The third-order valence-corrected chi connectivity index (χ3v) is 4.88. The fraction of sp³-hybridized carbons (Fsp3) is 0.176. The van der Waals surface area contributed by atoms with Crippen LogP contribution in [0.5, 0.6) is 5.75 Å². The van der Waals surface area contributed by atoms with Crippen LogP contribution in [0.3, 0.4) is 0 Å². The van der Waals surface area contributed by atoms with E-state index in [0.717, 1.165) is 11.3 Å². The highest BCUT2D eigenvalue weighted by atomic mass is 35.5. The highest BCUT2D eigenvalue weighted by Crippen LogP contribution is 2.24. The summed E-state index contributed by atoms with van der Waals surface area (Å²) >= 11 is 7.66. The molecule has 0 radical (unpaired) electrons. The second-order valence-electron chi connectivity index (χ2n) is 5.37. The van der Waals surface area contributed by atoms with Gasteiger partial charge >= 0.3 is 0 Å². The van der Waals surface area contributed by atoms with Gasteiger partial charge in [-0.2, -0.15) is 0 Å². The predicted octanol–water partition coefficient (Wildman–Crippen LogP) is 4.31. The Morgan fingerprint density at radius 3 is 2.92 bits per heavy atom. The number of rotatable bonds is 7. The molecule has 0 aliphatic carbocycles. The van der Waals surface area contributed by atoms with E-state index in [1.54, 1.807) is 18.5 Å². The molecule has 7 nitrogen and oxygen atoms in total. The van der Waals surface area contributed by atoms with Gasteiger partial charge in [0.25, 0.3) is 5.69 Å². The summed E-state index contributed by atoms with van der Waals surface area (Å²) in [5.41, 5.74) is 1.89. The van der Waals surface area contributed by atoms with E-state index in [9.17, 15) is 10.1 Å². The van der Waals surface area contributed by atoms with E-state index in [1.165, 1.54) is 23.9 Å². The van der Waals surface area contributed by atoms with Gasteiger partial charge in [0.05, 0.1) is 23.3 Å². The number of nitro groups is 1. The minimum atomic E-state index is -0.448. The molecule has 0 saturated carbocycles. The van der Waals surface area contributed by atoms with E-state index in [1.807, 2.05) is 29.7 Å². The predicted molar refractivity (Wildman–Crippen MR) is 100 cm³/mol. The van der Waals surface area contributed by atoms with E-state index >= 15 is 0 Å². The minimum Gasteiger partial charge on any atom is -0.492 e. The largest absolute Gasteiger partial charge is 0.492 e. The normalized spacial score (nSPS) is 10.7. The van der Waals surface area contributed by atoms with Crippen molar-refractivity contribution >= 4 is 29.1 Å². The van der Waals surface area contributed by atoms with E-state index in [2.05, 4.69) is 10.2 Å². The van der Waals surface area contributed by atoms with Gasteiger partial charge in [-0.25, -0.2) is 0 Å². The molecule has 0 aliphatic rings. The summed E-state index contributed by atoms with van der Waals surface area (Å²) in [7, 11) is 0. The van der Waals surface area contributed by atoms with E-state index < -0.39 is 4.92 Å². The van der Waals surface area contributed by atoms with Crippen LogP contribution >= 0.6 is 23.4 Å². The standard InChI is InChI=1S/C17H15ClN4O3S/c1-12-5-6-13(10-16(12)18)21-11-19-20-17(21)26-8-7-25-15-4-2-3-14(9-15)22(23)24/h2-6,9-11H,7-8H2,1H3. The van der Waals surface area contributed by atoms with E-state index in [-0.39, 0.29) is 5.69 Å². The zero-order chi connectivity index (χ0) is 18.5. The lowest BCUT2D eigenvalue weighted by Crippen LogP contribution is -2.02. The molecule has 134 valence electrons. The number of ether oxygens (including phenoxy) is 1. The van der Waals surface area contributed by atoms with Crippen molar-refractivity contribution in [2.24, 2.45) is 0 Å². The van der Waals surface area contributed by atoms with Gasteiger partial charge in [0.2, 0.25) is 0 Å². The molecule has 0 fully saturated rings. The van der Waals surface area contributed by atoms with Crippen LogP contribution in [0, 0.1) is 17.0 Å². The molecule has 0 saturated heterocycles. The van der Waals surface area contributed by atoms with Gasteiger partial charge in [-0.3, -0.25) is 14.7 Å². The number of aryl methyl sites for hydroxylation is 1. The number of aromatic nitrogens is 3. The van der Waals surface area contributed by atoms with Gasteiger partial charge in [-0.05, 0) is 30.7 Å². The lowest BCUT2D eigenvalue weighted by molar-refractivity contribution is -0.384. The summed E-state index contributed by atoms with van der Waals surface area (Å²) in [6, 6.07) is 11.9. The van der Waals surface area contributed by atoms with Crippen molar-refractivity contribution in [3.8, 4) is 11.4 Å². The monoisotopic (exact) mass is 390 g/mol. The molecule has 0 N–H and O–H groups in total. The molecule has 2 aromatic carbocycles. The van der Waals surface area contributed by atoms with Crippen molar-refractivity contribution in [1.82, 2.24) is 14.8 Å². The van der Waals surface area contributed by atoms with Gasteiger partial charge < -0.3 is 4.74 Å². The number of benzene rings is 2. The Hall–Kier alpha value is -2.58. The maximum atomic E-state index is 10.8. The van der Waals surface area contributed by atoms with Crippen LogP contribution in [0.1, 0.15) is 5.56 Å². The van der Waals surface area contributed by atoms with Gasteiger partial charge in [0.1, 0.15) is 12.1 Å². The molecule has 26 heavy (non-hydrogen) atoms. The quantitative estimate of drug-likeness (QED) is 0.259. The molecule has 0 bridgehead atoms. The molecule has 0 amide bonds. The minimum absolute atomic E-state index is 0.00569. The molecular formula is C17H15ClN4O3S. The van der Waals surface area contributed by atoms with E-state index in [0.29, 0.717) is 28.3 Å². The number of thioether (sulfide) groups is 1. The average Bonchev–Trinajstić information content (AvgIpc) is 3.10. The number of hydrogen-bond acceptors (Lipinski definition) is 6. The highest BCUT2D eigenvalue weighted by molar-refractivity contribution is 7.99. The molecule has 1 aromatic heterocycles. The van der Waals surface area contributed by atoms with Crippen LogP contribution in [-0.4, -0.2) is 32.0 Å². The Morgan fingerprint density at radius 1 is 1.31 bits per heavy atom. The zero-order valence-electron chi connectivity index (χ0n) is 13.8. The number of nitrogens with zero attached hydrogens (tertiary/aromatic N) is 4. The Bertz CT molecular complexity index is 932. The lowest BCUT2D eigenvalue weighted by atomic mass is 10.2. The van der Waals surface area contributed by atoms with Crippen molar-refractivity contribution in [3.05, 3.63) is 69.5 Å². The van der Waals surface area contributed by atoms with Crippen LogP contribution < -0.4 is 4.74 Å². The Morgan fingerprint density at radius 2 is 2.15 bits per heavy atom. The van der Waals surface area contributed by atoms with Gasteiger partial charge in [0, 0.05) is 16.8 Å². The third kappa shape index (κ3) is 4.33. The Labute approximate surface area is 159 Å². The SMILES string of the molecule is Cc1ccc(-n2cnnc2SCCOc2cccc([N+](=O)[O-])c2)cc1Cl. The summed E-state index contributed by atoms with van der Waals surface area (Å²) < 4.78 is 7.42. The summed E-state index contributed by atoms with van der Waals surface area (Å²) in [5, 5.41) is 20.2. The second-order valence-corrected chi connectivity index (χ2v) is 6.84. The van der Waals surface area contributed by atoms with Gasteiger partial charge in [-0.1, -0.05) is 35.5 Å². The molecular weight excluding hydrogens is 376 g/mol. The fourth-order valence-corrected chi connectivity index (χ4v) is 3.13. The smallest absolute Gasteiger partial charge is 0.273 e. The fourth-order valence-electron chi connectivity index (χ4n) is 2.21. The highest BCUT2D eigenvalue weighted by Gasteiger charge is 2.09. The first kappa shape index (κ1) is 18.2. The molecule has 0 spiro atoms. The Kier molecular flexibility index (Phi) is 5.75. The Balaban J connectivity index is 1.59. The van der Waals surface area contributed by atoms with Crippen LogP contribution in [0.2, 0.25) is 5.02 Å². The number of nitro benzene ring substituents is 1. The van der Waals surface area contributed by atoms with Crippen molar-refractivity contribution in [2.45, 2.75) is 12.1 Å². The van der Waals surface area contributed by atoms with Crippen LogP contribution in [-0.2, 0) is 0 Å². The first-order chi connectivity index (χ1) is 12.5. The topological polar surface area (TPSA) is 83.1 Å². The molecule has 0 unspecified atom stereocenters. The van der Waals surface area contributed by atoms with Crippen molar-refractivity contribution < 1.29 is 9.66 Å². The summed E-state index contributed by atoms with van der Waals surface area (Å²) in [6.07, 6.45) is 1.63.